The largest absolute Gasteiger partial charge is 0.506 e. The van der Waals surface area contributed by atoms with Crippen LogP contribution in [-0.4, -0.2) is 66.6 Å². The Kier molecular flexibility index (Phi) is 7.12. The molecule has 0 aromatic heterocycles. The SMILES string of the molecule is CC(C)CN(CC(C)C)C(=O)CN1CCN(c2ccccc2O)CC1. The highest BCUT2D eigenvalue weighted by Crippen LogP contribution is 2.27. The van der Waals surface area contributed by atoms with Crippen molar-refractivity contribution in [3.05, 3.63) is 24.3 Å². The number of piperazine rings is 1. The third-order valence-corrected chi connectivity index (χ3v) is 4.48. The molecular weight excluding hydrogens is 314 g/mol. The first-order valence-corrected chi connectivity index (χ1v) is 9.40. The molecule has 5 heteroatoms. The van der Waals surface area contributed by atoms with Gasteiger partial charge >= 0.3 is 0 Å². The Bertz CT molecular complexity index is 542. The molecule has 1 heterocycles. The minimum atomic E-state index is 0.235. The highest BCUT2D eigenvalue weighted by molar-refractivity contribution is 5.78. The molecular formula is C20H33N3O2. The Morgan fingerprint density at radius 3 is 2.12 bits per heavy atom. The Balaban J connectivity index is 1.87. The van der Waals surface area contributed by atoms with E-state index in [9.17, 15) is 9.90 Å². The first-order chi connectivity index (χ1) is 11.9. The van der Waals surface area contributed by atoms with Crippen LogP contribution in [0.3, 0.4) is 0 Å². The van der Waals surface area contributed by atoms with E-state index in [0.717, 1.165) is 45.0 Å². The van der Waals surface area contributed by atoms with Crippen molar-refractivity contribution in [2.24, 2.45) is 11.8 Å². The van der Waals surface area contributed by atoms with Gasteiger partial charge in [-0.3, -0.25) is 9.69 Å². The van der Waals surface area contributed by atoms with Crippen molar-refractivity contribution in [1.29, 1.82) is 0 Å². The number of anilines is 1. The van der Waals surface area contributed by atoms with Crippen LogP contribution in [0.15, 0.2) is 24.3 Å². The van der Waals surface area contributed by atoms with Crippen LogP contribution in [-0.2, 0) is 4.79 Å². The molecule has 140 valence electrons. The molecule has 0 atom stereocenters. The van der Waals surface area contributed by atoms with Crippen molar-refractivity contribution in [1.82, 2.24) is 9.80 Å². The van der Waals surface area contributed by atoms with Gasteiger partial charge in [-0.2, -0.15) is 0 Å². The van der Waals surface area contributed by atoms with Gasteiger partial charge in [0.1, 0.15) is 5.75 Å². The summed E-state index contributed by atoms with van der Waals surface area (Å²) < 4.78 is 0. The van der Waals surface area contributed by atoms with Crippen LogP contribution in [0.25, 0.3) is 0 Å². The monoisotopic (exact) mass is 347 g/mol. The molecule has 1 fully saturated rings. The molecule has 1 saturated heterocycles. The van der Waals surface area contributed by atoms with Gasteiger partial charge in [-0.25, -0.2) is 0 Å². The van der Waals surface area contributed by atoms with Gasteiger partial charge in [-0.1, -0.05) is 39.8 Å². The van der Waals surface area contributed by atoms with Gasteiger partial charge in [0.05, 0.1) is 12.2 Å². The number of carbonyl (C=O) groups excluding carboxylic acids is 1. The molecule has 1 amide bonds. The molecule has 0 aliphatic carbocycles. The van der Waals surface area contributed by atoms with E-state index >= 15 is 0 Å². The van der Waals surface area contributed by atoms with E-state index in [1.54, 1.807) is 6.07 Å². The second-order valence-corrected chi connectivity index (χ2v) is 7.84. The summed E-state index contributed by atoms with van der Waals surface area (Å²) in [4.78, 5) is 19.2. The number of hydrogen-bond acceptors (Lipinski definition) is 4. The van der Waals surface area contributed by atoms with E-state index in [0.29, 0.717) is 24.1 Å². The molecule has 1 N–H and O–H groups in total. The number of aromatic hydroxyl groups is 1. The number of nitrogens with zero attached hydrogens (tertiary/aromatic N) is 3. The Hall–Kier alpha value is -1.75. The fourth-order valence-corrected chi connectivity index (χ4v) is 3.33. The molecule has 1 aliphatic rings. The van der Waals surface area contributed by atoms with Crippen molar-refractivity contribution in [3.63, 3.8) is 0 Å². The van der Waals surface area contributed by atoms with Crippen LogP contribution >= 0.6 is 0 Å². The lowest BCUT2D eigenvalue weighted by atomic mass is 10.1. The van der Waals surface area contributed by atoms with Crippen LogP contribution in [0.5, 0.6) is 5.75 Å². The predicted octanol–water partition coefficient (Wildman–Crippen LogP) is 2.65. The van der Waals surface area contributed by atoms with Crippen LogP contribution in [0.1, 0.15) is 27.7 Å². The normalized spacial score (nSPS) is 15.8. The molecule has 0 spiro atoms. The maximum Gasteiger partial charge on any atom is 0.236 e. The molecule has 0 saturated carbocycles. The predicted molar refractivity (Wildman–Crippen MR) is 103 cm³/mol. The zero-order valence-electron chi connectivity index (χ0n) is 16.1. The van der Waals surface area contributed by atoms with Crippen molar-refractivity contribution >= 4 is 11.6 Å². The van der Waals surface area contributed by atoms with Gasteiger partial charge in [-0.15, -0.1) is 0 Å². The maximum atomic E-state index is 12.7. The zero-order valence-corrected chi connectivity index (χ0v) is 16.1. The topological polar surface area (TPSA) is 47.0 Å². The fraction of sp³-hybridized carbons (Fsp3) is 0.650. The lowest BCUT2D eigenvalue weighted by molar-refractivity contribution is -0.133. The van der Waals surface area contributed by atoms with Gasteiger partial charge in [0.2, 0.25) is 5.91 Å². The summed E-state index contributed by atoms with van der Waals surface area (Å²) in [5, 5.41) is 10.00. The quantitative estimate of drug-likeness (QED) is 0.824. The summed E-state index contributed by atoms with van der Waals surface area (Å²) in [6, 6.07) is 7.45. The number of rotatable bonds is 7. The number of phenols is 1. The van der Waals surface area contributed by atoms with Gasteiger partial charge in [-0.05, 0) is 24.0 Å². The van der Waals surface area contributed by atoms with E-state index in [4.69, 9.17) is 0 Å². The van der Waals surface area contributed by atoms with Crippen LogP contribution in [0, 0.1) is 11.8 Å². The summed E-state index contributed by atoms with van der Waals surface area (Å²) in [6.45, 7) is 14.1. The molecule has 0 radical (unpaired) electrons. The highest BCUT2D eigenvalue weighted by Gasteiger charge is 2.23. The number of benzene rings is 1. The fourth-order valence-electron chi connectivity index (χ4n) is 3.33. The molecule has 0 bridgehead atoms. The lowest BCUT2D eigenvalue weighted by Gasteiger charge is -2.37. The van der Waals surface area contributed by atoms with E-state index in [2.05, 4.69) is 37.5 Å². The van der Waals surface area contributed by atoms with Crippen molar-refractivity contribution in [2.75, 3.05) is 50.7 Å². The first kappa shape index (κ1) is 19.6. The van der Waals surface area contributed by atoms with E-state index in [1.165, 1.54) is 0 Å². The summed E-state index contributed by atoms with van der Waals surface area (Å²) in [5.41, 5.74) is 0.884. The van der Waals surface area contributed by atoms with Crippen LogP contribution in [0.4, 0.5) is 5.69 Å². The minimum absolute atomic E-state index is 0.235. The minimum Gasteiger partial charge on any atom is -0.506 e. The number of carbonyl (C=O) groups is 1. The smallest absolute Gasteiger partial charge is 0.236 e. The average molecular weight is 348 g/mol. The Morgan fingerprint density at radius 2 is 1.60 bits per heavy atom. The summed E-state index contributed by atoms with van der Waals surface area (Å²) >= 11 is 0. The van der Waals surface area contributed by atoms with Crippen molar-refractivity contribution < 1.29 is 9.90 Å². The Labute approximate surface area is 152 Å². The molecule has 0 unspecified atom stereocenters. The summed E-state index contributed by atoms with van der Waals surface area (Å²) in [5.74, 6) is 1.53. The van der Waals surface area contributed by atoms with E-state index < -0.39 is 0 Å². The molecule has 2 rings (SSSR count). The van der Waals surface area contributed by atoms with Crippen LogP contribution in [0.2, 0.25) is 0 Å². The van der Waals surface area contributed by atoms with E-state index in [1.807, 2.05) is 23.1 Å². The molecule has 1 aromatic carbocycles. The van der Waals surface area contributed by atoms with Crippen LogP contribution < -0.4 is 4.90 Å². The second kappa shape index (κ2) is 9.09. The summed E-state index contributed by atoms with van der Waals surface area (Å²) in [6.07, 6.45) is 0. The third-order valence-electron chi connectivity index (χ3n) is 4.48. The third kappa shape index (κ3) is 5.92. The molecule has 1 aliphatic heterocycles. The molecule has 5 nitrogen and oxygen atoms in total. The highest BCUT2D eigenvalue weighted by atomic mass is 16.3. The van der Waals surface area contributed by atoms with Gasteiger partial charge < -0.3 is 14.9 Å². The van der Waals surface area contributed by atoms with Crippen molar-refractivity contribution in [2.45, 2.75) is 27.7 Å². The number of hydrogen-bond donors (Lipinski definition) is 1. The maximum absolute atomic E-state index is 12.7. The zero-order chi connectivity index (χ0) is 18.4. The van der Waals surface area contributed by atoms with Gasteiger partial charge in [0.25, 0.3) is 0 Å². The second-order valence-electron chi connectivity index (χ2n) is 7.84. The lowest BCUT2D eigenvalue weighted by Crippen LogP contribution is -2.51. The first-order valence-electron chi connectivity index (χ1n) is 9.40. The molecule has 25 heavy (non-hydrogen) atoms. The summed E-state index contributed by atoms with van der Waals surface area (Å²) in [7, 11) is 0. The van der Waals surface area contributed by atoms with Gasteiger partial charge in [0, 0.05) is 39.3 Å². The average Bonchev–Trinajstić information content (AvgIpc) is 2.55. The number of amides is 1. The standard InChI is InChI=1S/C20H33N3O2/c1-16(2)13-23(14-17(3)4)20(25)15-21-9-11-22(12-10-21)18-7-5-6-8-19(18)24/h5-8,16-17,24H,9-15H2,1-4H3. The Morgan fingerprint density at radius 1 is 1.04 bits per heavy atom. The van der Waals surface area contributed by atoms with Crippen molar-refractivity contribution in [3.8, 4) is 5.75 Å². The van der Waals surface area contributed by atoms with E-state index in [-0.39, 0.29) is 5.91 Å². The number of para-hydroxylation sites is 2. The number of phenolic OH excluding ortho intramolecular Hbond substituents is 1. The molecule has 1 aromatic rings. The van der Waals surface area contributed by atoms with Gasteiger partial charge in [0.15, 0.2) is 0 Å².